The lowest BCUT2D eigenvalue weighted by atomic mass is 10.1. The third kappa shape index (κ3) is 2.52. The van der Waals surface area contributed by atoms with Crippen molar-refractivity contribution < 1.29 is 9.90 Å². The van der Waals surface area contributed by atoms with Gasteiger partial charge in [-0.25, -0.2) is 0 Å². The molecule has 1 aromatic rings. The van der Waals surface area contributed by atoms with Crippen molar-refractivity contribution in [2.75, 3.05) is 13.2 Å². The van der Waals surface area contributed by atoms with Gasteiger partial charge in [-0.3, -0.25) is 9.48 Å². The second-order valence-electron chi connectivity index (χ2n) is 6.20. The summed E-state index contributed by atoms with van der Waals surface area (Å²) < 4.78 is 1.88. The Morgan fingerprint density at radius 3 is 2.74 bits per heavy atom. The molecule has 1 aliphatic heterocycles. The highest BCUT2D eigenvalue weighted by atomic mass is 16.3. The number of hydrogen-bond donors (Lipinski definition) is 1. The highest BCUT2D eigenvalue weighted by Gasteiger charge is 2.31. The van der Waals surface area contributed by atoms with Crippen LogP contribution < -0.4 is 0 Å². The average Bonchev–Trinajstić information content (AvgIpc) is 2.92. The first-order chi connectivity index (χ1) is 8.86. The SMILES string of the molecule is Cc1c(C(=O)N2CCC[C@@H]2CO)cnn1C(C)(C)C. The van der Waals surface area contributed by atoms with Gasteiger partial charge in [0.2, 0.25) is 0 Å². The van der Waals surface area contributed by atoms with Crippen molar-refractivity contribution in [3.05, 3.63) is 17.5 Å². The van der Waals surface area contributed by atoms with Crippen LogP contribution in [0.2, 0.25) is 0 Å². The summed E-state index contributed by atoms with van der Waals surface area (Å²) in [5, 5.41) is 13.7. The van der Waals surface area contributed by atoms with E-state index in [0.29, 0.717) is 5.56 Å². The first-order valence-electron chi connectivity index (χ1n) is 6.83. The maximum Gasteiger partial charge on any atom is 0.257 e. The molecule has 1 aromatic heterocycles. The van der Waals surface area contributed by atoms with Crippen molar-refractivity contribution in [3.63, 3.8) is 0 Å². The average molecular weight is 265 g/mol. The lowest BCUT2D eigenvalue weighted by molar-refractivity contribution is 0.0676. The van der Waals surface area contributed by atoms with E-state index in [2.05, 4.69) is 25.9 Å². The van der Waals surface area contributed by atoms with E-state index in [-0.39, 0.29) is 24.1 Å². The van der Waals surface area contributed by atoms with Crippen molar-refractivity contribution in [1.29, 1.82) is 0 Å². The molecule has 0 spiro atoms. The van der Waals surface area contributed by atoms with Gasteiger partial charge in [0.25, 0.3) is 5.91 Å². The summed E-state index contributed by atoms with van der Waals surface area (Å²) in [4.78, 5) is 14.3. The molecule has 19 heavy (non-hydrogen) atoms. The second kappa shape index (κ2) is 4.96. The highest BCUT2D eigenvalue weighted by Crippen LogP contribution is 2.23. The van der Waals surface area contributed by atoms with Gasteiger partial charge in [-0.2, -0.15) is 5.10 Å². The van der Waals surface area contributed by atoms with E-state index in [0.717, 1.165) is 25.1 Å². The Morgan fingerprint density at radius 2 is 2.21 bits per heavy atom. The summed E-state index contributed by atoms with van der Waals surface area (Å²) in [7, 11) is 0. The molecule has 0 radical (unpaired) electrons. The van der Waals surface area contributed by atoms with Gasteiger partial charge in [0, 0.05) is 12.2 Å². The van der Waals surface area contributed by atoms with Crippen molar-refractivity contribution in [2.45, 2.75) is 52.1 Å². The van der Waals surface area contributed by atoms with Gasteiger partial charge < -0.3 is 10.0 Å². The molecule has 106 valence electrons. The van der Waals surface area contributed by atoms with E-state index in [9.17, 15) is 9.90 Å². The molecule has 5 heteroatoms. The molecule has 1 fully saturated rings. The van der Waals surface area contributed by atoms with Crippen LogP contribution in [0.4, 0.5) is 0 Å². The number of carbonyl (C=O) groups excluding carboxylic acids is 1. The van der Waals surface area contributed by atoms with Gasteiger partial charge in [-0.05, 0) is 40.5 Å². The van der Waals surface area contributed by atoms with Crippen LogP contribution in [0, 0.1) is 6.92 Å². The first kappa shape index (κ1) is 14.1. The van der Waals surface area contributed by atoms with Gasteiger partial charge in [-0.15, -0.1) is 0 Å². The predicted molar refractivity (Wildman–Crippen MR) is 73.1 cm³/mol. The molecular formula is C14H23N3O2. The van der Waals surface area contributed by atoms with Crippen molar-refractivity contribution in [3.8, 4) is 0 Å². The fourth-order valence-electron chi connectivity index (χ4n) is 2.74. The molecule has 1 aliphatic rings. The molecule has 0 unspecified atom stereocenters. The fraction of sp³-hybridized carbons (Fsp3) is 0.714. The minimum absolute atomic E-state index is 0.00968. The van der Waals surface area contributed by atoms with Gasteiger partial charge in [0.1, 0.15) is 0 Å². The zero-order valence-corrected chi connectivity index (χ0v) is 12.2. The minimum atomic E-state index is -0.135. The number of likely N-dealkylation sites (tertiary alicyclic amines) is 1. The van der Waals surface area contributed by atoms with E-state index in [1.807, 2.05) is 11.6 Å². The summed E-state index contributed by atoms with van der Waals surface area (Å²) in [6.45, 7) is 8.88. The van der Waals surface area contributed by atoms with Crippen LogP contribution in [0.3, 0.4) is 0 Å². The molecule has 1 amide bonds. The smallest absolute Gasteiger partial charge is 0.257 e. The molecule has 2 rings (SSSR count). The number of hydrogen-bond acceptors (Lipinski definition) is 3. The zero-order valence-electron chi connectivity index (χ0n) is 12.2. The monoisotopic (exact) mass is 265 g/mol. The molecule has 0 bridgehead atoms. The zero-order chi connectivity index (χ0) is 14.2. The Morgan fingerprint density at radius 1 is 1.53 bits per heavy atom. The van der Waals surface area contributed by atoms with E-state index in [4.69, 9.17) is 0 Å². The fourth-order valence-corrected chi connectivity index (χ4v) is 2.74. The van der Waals surface area contributed by atoms with Crippen LogP contribution in [0.25, 0.3) is 0 Å². The van der Waals surface area contributed by atoms with Crippen molar-refractivity contribution in [2.24, 2.45) is 0 Å². The maximum atomic E-state index is 12.5. The predicted octanol–water partition coefficient (Wildman–Crippen LogP) is 1.54. The van der Waals surface area contributed by atoms with Crippen LogP contribution in [0.15, 0.2) is 6.20 Å². The second-order valence-corrected chi connectivity index (χ2v) is 6.20. The third-order valence-electron chi connectivity index (χ3n) is 3.72. The van der Waals surface area contributed by atoms with Crippen LogP contribution in [0.1, 0.15) is 49.7 Å². The largest absolute Gasteiger partial charge is 0.394 e. The summed E-state index contributed by atoms with van der Waals surface area (Å²) in [5.74, 6) is -0.00968. The Bertz CT molecular complexity index is 474. The standard InChI is InChI=1S/C14H23N3O2/c1-10-12(8-15-17(10)14(2,3)4)13(19)16-7-5-6-11(16)9-18/h8,11,18H,5-7,9H2,1-4H3/t11-/m1/s1. The molecular weight excluding hydrogens is 242 g/mol. The number of rotatable bonds is 2. The van der Waals surface area contributed by atoms with Crippen LogP contribution in [-0.4, -0.2) is 44.9 Å². The lowest BCUT2D eigenvalue weighted by Crippen LogP contribution is -2.38. The Labute approximate surface area is 114 Å². The van der Waals surface area contributed by atoms with E-state index >= 15 is 0 Å². The van der Waals surface area contributed by atoms with Crippen molar-refractivity contribution in [1.82, 2.24) is 14.7 Å². The number of amides is 1. The van der Waals surface area contributed by atoms with Crippen LogP contribution in [-0.2, 0) is 5.54 Å². The molecule has 1 atom stereocenters. The number of nitrogens with zero attached hydrogens (tertiary/aromatic N) is 3. The van der Waals surface area contributed by atoms with E-state index < -0.39 is 0 Å². The van der Waals surface area contributed by atoms with E-state index in [1.54, 1.807) is 11.1 Å². The molecule has 0 aliphatic carbocycles. The summed E-state index contributed by atoms with van der Waals surface area (Å²) in [6.07, 6.45) is 3.49. The summed E-state index contributed by atoms with van der Waals surface area (Å²) >= 11 is 0. The molecule has 1 N–H and O–H groups in total. The van der Waals surface area contributed by atoms with Crippen LogP contribution >= 0.6 is 0 Å². The normalized spacial score (nSPS) is 20.1. The number of aliphatic hydroxyl groups is 1. The number of aliphatic hydroxyl groups excluding tert-OH is 1. The van der Waals surface area contributed by atoms with Gasteiger partial charge in [-0.1, -0.05) is 0 Å². The minimum Gasteiger partial charge on any atom is -0.394 e. The lowest BCUT2D eigenvalue weighted by Gasteiger charge is -2.24. The molecule has 2 heterocycles. The molecule has 0 aromatic carbocycles. The van der Waals surface area contributed by atoms with Gasteiger partial charge in [0.15, 0.2) is 0 Å². The van der Waals surface area contributed by atoms with Gasteiger partial charge >= 0.3 is 0 Å². The molecule has 0 saturated carbocycles. The Hall–Kier alpha value is -1.36. The van der Waals surface area contributed by atoms with Crippen molar-refractivity contribution >= 4 is 5.91 Å². The van der Waals surface area contributed by atoms with Crippen LogP contribution in [0.5, 0.6) is 0 Å². The number of aromatic nitrogens is 2. The quantitative estimate of drug-likeness (QED) is 0.882. The molecule has 1 saturated heterocycles. The third-order valence-corrected chi connectivity index (χ3v) is 3.72. The Balaban J connectivity index is 2.28. The Kier molecular flexibility index (Phi) is 3.67. The van der Waals surface area contributed by atoms with Gasteiger partial charge in [0.05, 0.1) is 29.9 Å². The number of carbonyl (C=O) groups is 1. The summed E-state index contributed by atoms with van der Waals surface area (Å²) in [5.41, 5.74) is 1.40. The topological polar surface area (TPSA) is 58.4 Å². The first-order valence-corrected chi connectivity index (χ1v) is 6.83. The summed E-state index contributed by atoms with van der Waals surface area (Å²) in [6, 6.07) is -0.0371. The highest BCUT2D eigenvalue weighted by molar-refractivity contribution is 5.95. The van der Waals surface area contributed by atoms with E-state index in [1.165, 1.54) is 0 Å². The maximum absolute atomic E-state index is 12.5. The molecule has 5 nitrogen and oxygen atoms in total.